The number of amides is 2. The molecule has 2 aliphatic rings. The topological polar surface area (TPSA) is 102 Å². The van der Waals surface area contributed by atoms with Crippen LogP contribution in [0.4, 0.5) is 4.79 Å². The number of ketones is 1. The highest BCUT2D eigenvalue weighted by Gasteiger charge is 2.45. The third-order valence-corrected chi connectivity index (χ3v) is 7.58. The molecule has 8 heteroatoms. The first kappa shape index (κ1) is 25.1. The summed E-state index contributed by atoms with van der Waals surface area (Å²) < 4.78 is 12.6. The van der Waals surface area contributed by atoms with Crippen molar-refractivity contribution in [2.75, 3.05) is 6.61 Å². The molecule has 4 rings (SSSR count). The Morgan fingerprint density at radius 3 is 2.57 bits per heavy atom. The zero-order chi connectivity index (χ0) is 25.5. The molecule has 2 aromatic rings. The lowest BCUT2D eigenvalue weighted by molar-refractivity contribution is -0.118. The number of carbonyl (C=O) groups excluding carboxylic acids is 3. The Bertz CT molecular complexity index is 1180. The van der Waals surface area contributed by atoms with Crippen LogP contribution in [0.25, 0.3) is 0 Å². The second-order valence-corrected chi connectivity index (χ2v) is 11.7. The quantitative estimate of drug-likeness (QED) is 0.578. The Balaban J connectivity index is 1.55. The number of thioether (sulfide) groups is 1. The molecule has 186 valence electrons. The number of aromatic hydroxyl groups is 1. The number of hydrogen-bond acceptors (Lipinski definition) is 7. The van der Waals surface area contributed by atoms with Crippen LogP contribution in [0, 0.1) is 5.92 Å². The maximum Gasteiger partial charge on any atom is 0.286 e. The van der Waals surface area contributed by atoms with Gasteiger partial charge in [0.15, 0.2) is 11.4 Å². The Kier molecular flexibility index (Phi) is 6.62. The van der Waals surface area contributed by atoms with Gasteiger partial charge in [0.1, 0.15) is 23.9 Å². The molecule has 2 amide bonds. The summed E-state index contributed by atoms with van der Waals surface area (Å²) in [4.78, 5) is 36.5. The fourth-order valence-corrected chi connectivity index (χ4v) is 5.23. The summed E-state index contributed by atoms with van der Waals surface area (Å²) in [6, 6.07) is 10.7. The van der Waals surface area contributed by atoms with Gasteiger partial charge < -0.3 is 14.6 Å². The van der Waals surface area contributed by atoms with Crippen molar-refractivity contribution in [3.8, 4) is 17.2 Å². The Labute approximate surface area is 209 Å². The van der Waals surface area contributed by atoms with Gasteiger partial charge in [0.2, 0.25) is 5.91 Å². The van der Waals surface area contributed by atoms with Crippen molar-refractivity contribution < 1.29 is 29.0 Å². The van der Waals surface area contributed by atoms with Crippen LogP contribution in [0.15, 0.2) is 36.4 Å². The first-order valence-corrected chi connectivity index (χ1v) is 12.6. The van der Waals surface area contributed by atoms with Crippen molar-refractivity contribution >= 4 is 28.7 Å². The van der Waals surface area contributed by atoms with E-state index in [1.807, 2.05) is 58.9 Å². The highest BCUT2D eigenvalue weighted by Crippen LogP contribution is 2.43. The molecule has 7 nitrogen and oxygen atoms in total. The van der Waals surface area contributed by atoms with E-state index in [9.17, 15) is 19.5 Å². The minimum atomic E-state index is -0.875. The van der Waals surface area contributed by atoms with E-state index in [1.165, 1.54) is 6.07 Å². The fourth-order valence-electron chi connectivity index (χ4n) is 4.37. The summed E-state index contributed by atoms with van der Waals surface area (Å²) >= 11 is 0.995. The Hall–Kier alpha value is -3.00. The molecule has 2 atom stereocenters. The van der Waals surface area contributed by atoms with E-state index < -0.39 is 10.9 Å². The van der Waals surface area contributed by atoms with Crippen LogP contribution in [0.3, 0.4) is 0 Å². The number of ether oxygens (including phenoxy) is 2. The molecule has 2 aliphatic heterocycles. The molecule has 1 fully saturated rings. The van der Waals surface area contributed by atoms with E-state index in [4.69, 9.17) is 9.47 Å². The number of nitrogens with one attached hydrogen (secondary N) is 1. The molecule has 0 bridgehead atoms. The summed E-state index contributed by atoms with van der Waals surface area (Å²) in [5, 5.41) is 12.0. The lowest BCUT2D eigenvalue weighted by atomic mass is 9.80. The predicted octanol–water partition coefficient (Wildman–Crippen LogP) is 5.02. The van der Waals surface area contributed by atoms with Gasteiger partial charge in [-0.3, -0.25) is 19.7 Å². The van der Waals surface area contributed by atoms with Gasteiger partial charge in [-0.25, -0.2) is 0 Å². The third-order valence-electron chi connectivity index (χ3n) is 6.60. The van der Waals surface area contributed by atoms with Crippen LogP contribution in [0.1, 0.15) is 62.5 Å². The van der Waals surface area contributed by atoms with E-state index in [2.05, 4.69) is 5.32 Å². The number of fused-ring (bicyclic) bond motifs is 1. The summed E-state index contributed by atoms with van der Waals surface area (Å²) in [7, 11) is 0. The Morgan fingerprint density at radius 2 is 1.94 bits per heavy atom. The molecular weight excluding hydrogens is 466 g/mol. The molecule has 2 N–H and O–H groups in total. The molecule has 0 aliphatic carbocycles. The second kappa shape index (κ2) is 9.22. The highest BCUT2D eigenvalue weighted by molar-refractivity contribution is 8.15. The van der Waals surface area contributed by atoms with Gasteiger partial charge in [0.25, 0.3) is 5.24 Å². The van der Waals surface area contributed by atoms with Crippen molar-refractivity contribution in [1.29, 1.82) is 0 Å². The van der Waals surface area contributed by atoms with E-state index in [0.29, 0.717) is 29.0 Å². The van der Waals surface area contributed by atoms with Crippen LogP contribution >= 0.6 is 11.8 Å². The molecule has 0 radical (unpaired) electrons. The zero-order valence-electron chi connectivity index (χ0n) is 20.6. The van der Waals surface area contributed by atoms with Crippen molar-refractivity contribution in [1.82, 2.24) is 5.32 Å². The van der Waals surface area contributed by atoms with Gasteiger partial charge in [0.05, 0.1) is 17.2 Å². The van der Waals surface area contributed by atoms with Crippen LogP contribution in [-0.4, -0.2) is 39.5 Å². The first-order chi connectivity index (χ1) is 16.4. The minimum Gasteiger partial charge on any atom is -0.508 e. The number of Topliss-reactive ketones (excluding diaryl/α,β-unsaturated/α-hetero) is 1. The van der Waals surface area contributed by atoms with Crippen LogP contribution in [0.2, 0.25) is 0 Å². The summed E-state index contributed by atoms with van der Waals surface area (Å²) in [6.07, 6.45) is 0.545. The minimum absolute atomic E-state index is 0.0285. The van der Waals surface area contributed by atoms with E-state index in [1.54, 1.807) is 6.07 Å². The fraction of sp³-hybridized carbons (Fsp3) is 0.444. The zero-order valence-corrected chi connectivity index (χ0v) is 21.5. The lowest BCUT2D eigenvalue weighted by Crippen LogP contribution is -2.51. The van der Waals surface area contributed by atoms with E-state index in [0.717, 1.165) is 17.3 Å². The number of carbonyl (C=O) groups is 3. The average molecular weight is 498 g/mol. The molecule has 0 spiro atoms. The molecule has 35 heavy (non-hydrogen) atoms. The summed E-state index contributed by atoms with van der Waals surface area (Å²) in [6.45, 7) is 10.1. The molecule has 2 heterocycles. The van der Waals surface area contributed by atoms with Gasteiger partial charge in [-0.15, -0.1) is 0 Å². The predicted molar refractivity (Wildman–Crippen MR) is 135 cm³/mol. The van der Waals surface area contributed by atoms with Crippen LogP contribution in [-0.2, 0) is 16.6 Å². The molecule has 1 saturated heterocycles. The van der Waals surface area contributed by atoms with E-state index in [-0.39, 0.29) is 47.0 Å². The average Bonchev–Trinajstić information content (AvgIpc) is 3.08. The smallest absolute Gasteiger partial charge is 0.286 e. The Morgan fingerprint density at radius 1 is 1.20 bits per heavy atom. The van der Waals surface area contributed by atoms with E-state index >= 15 is 0 Å². The summed E-state index contributed by atoms with van der Waals surface area (Å²) in [5.74, 6) is 0.748. The molecule has 2 unspecified atom stereocenters. The molecule has 0 saturated carbocycles. The standard InChI is InChI=1S/C27H31NO6S/c1-15(2)27(13-21(30)18-11-20(29)19(26(3,4)5)12-22(18)34-27)14-33-17-8-6-7-16(9-17)10-23-24(31)28-25(32)35-23/h6-9,11-12,15,23,29H,10,13-14H2,1-5H3,(H,28,31,32). The number of benzene rings is 2. The van der Waals surface area contributed by atoms with Crippen molar-refractivity contribution in [2.24, 2.45) is 5.92 Å². The van der Waals surface area contributed by atoms with Crippen LogP contribution < -0.4 is 14.8 Å². The maximum absolute atomic E-state index is 13.1. The molecule has 2 aromatic carbocycles. The number of phenolic OH excluding ortho intramolecular Hbond substituents is 1. The van der Waals surface area contributed by atoms with Gasteiger partial charge >= 0.3 is 0 Å². The number of hydrogen-bond donors (Lipinski definition) is 2. The van der Waals surface area contributed by atoms with Gasteiger partial charge in [0, 0.05) is 5.56 Å². The van der Waals surface area contributed by atoms with Crippen molar-refractivity contribution in [2.45, 2.75) is 63.7 Å². The van der Waals surface area contributed by atoms with Gasteiger partial charge in [-0.05, 0) is 47.6 Å². The number of rotatable bonds is 6. The third kappa shape index (κ3) is 5.17. The monoisotopic (exact) mass is 497 g/mol. The summed E-state index contributed by atoms with van der Waals surface area (Å²) in [5.41, 5.74) is 0.777. The SMILES string of the molecule is CC(C)C1(COc2cccc(CC3SC(=O)NC3=O)c2)CC(=O)c2cc(O)c(C(C)(C)C)cc2O1. The molecule has 0 aromatic heterocycles. The maximum atomic E-state index is 13.1. The highest BCUT2D eigenvalue weighted by atomic mass is 32.2. The van der Waals surface area contributed by atoms with Crippen molar-refractivity contribution in [3.63, 3.8) is 0 Å². The van der Waals surface area contributed by atoms with Gasteiger partial charge in [-0.1, -0.05) is 58.5 Å². The number of phenols is 1. The van der Waals surface area contributed by atoms with Crippen LogP contribution in [0.5, 0.6) is 17.2 Å². The number of imide groups is 1. The lowest BCUT2D eigenvalue weighted by Gasteiger charge is -2.41. The second-order valence-electron chi connectivity index (χ2n) is 10.6. The molecular formula is C27H31NO6S. The first-order valence-electron chi connectivity index (χ1n) is 11.7. The van der Waals surface area contributed by atoms with Gasteiger partial charge in [-0.2, -0.15) is 0 Å². The normalized spacial score (nSPS) is 22.1. The largest absolute Gasteiger partial charge is 0.508 e. The van der Waals surface area contributed by atoms with Crippen molar-refractivity contribution in [3.05, 3.63) is 53.1 Å².